The maximum Gasteiger partial charge on any atom is 0.211 e. The van der Waals surface area contributed by atoms with Gasteiger partial charge in [-0.05, 0) is 17.7 Å². The predicted octanol–water partition coefficient (Wildman–Crippen LogP) is 3.17. The van der Waals surface area contributed by atoms with Gasteiger partial charge in [0.15, 0.2) is 0 Å². The maximum atomic E-state index is 6.08. The van der Waals surface area contributed by atoms with Crippen LogP contribution in [-0.4, -0.2) is 36.5 Å². The summed E-state index contributed by atoms with van der Waals surface area (Å²) in [5.41, 5.74) is 4.85. The molecule has 0 aliphatic carbocycles. The van der Waals surface area contributed by atoms with E-state index in [1.54, 1.807) is 31.2 Å². The number of aromatic nitrogens is 1. The van der Waals surface area contributed by atoms with Gasteiger partial charge in [-0.25, -0.2) is 5.43 Å². The Hall–Kier alpha value is -2.05. The lowest BCUT2D eigenvalue weighted by molar-refractivity contribution is 0.879. The number of hydrogen-bond acceptors (Lipinski definition) is 4. The number of nitrogens with one attached hydrogen (secondary N) is 2. The van der Waals surface area contributed by atoms with E-state index >= 15 is 0 Å². The Balaban J connectivity index is 1.65. The first kappa shape index (κ1) is 18.3. The van der Waals surface area contributed by atoms with Gasteiger partial charge in [0.05, 0.1) is 16.9 Å². The molecule has 126 valence electrons. The molecular weight excluding hydrogens is 342 g/mol. The van der Waals surface area contributed by atoms with Crippen molar-refractivity contribution in [2.45, 2.75) is 5.75 Å². The zero-order valence-electron chi connectivity index (χ0n) is 13.4. The van der Waals surface area contributed by atoms with Gasteiger partial charge in [0.25, 0.3) is 0 Å². The van der Waals surface area contributed by atoms with Crippen molar-refractivity contribution >= 4 is 35.5 Å². The van der Waals surface area contributed by atoms with Crippen LogP contribution in [0.2, 0.25) is 5.02 Å². The third-order valence-electron chi connectivity index (χ3n) is 3.02. The lowest BCUT2D eigenvalue weighted by Crippen LogP contribution is -2.35. The van der Waals surface area contributed by atoms with Gasteiger partial charge in [-0.15, -0.1) is 0 Å². The summed E-state index contributed by atoms with van der Waals surface area (Å²) in [5, 5.41) is 8.09. The molecule has 2 N–H and O–H groups in total. The molecule has 2 aromatic rings. The van der Waals surface area contributed by atoms with Gasteiger partial charge in [0, 0.05) is 31.3 Å². The van der Waals surface area contributed by atoms with Gasteiger partial charge >= 0.3 is 0 Å². The quantitative estimate of drug-likeness (QED) is 0.344. The highest BCUT2D eigenvalue weighted by Crippen LogP contribution is 2.17. The molecule has 2 rings (SSSR count). The molecule has 0 unspecified atom stereocenters. The molecule has 0 atom stereocenters. The molecule has 0 fully saturated rings. The van der Waals surface area contributed by atoms with Crippen molar-refractivity contribution < 1.29 is 0 Å². The number of benzene rings is 1. The van der Waals surface area contributed by atoms with Crippen LogP contribution < -0.4 is 10.7 Å². The highest BCUT2D eigenvalue weighted by Gasteiger charge is 2.01. The van der Waals surface area contributed by atoms with Crippen LogP contribution in [0.3, 0.4) is 0 Å². The fraction of sp³-hybridized carbons (Fsp3) is 0.235. The highest BCUT2D eigenvalue weighted by atomic mass is 35.5. The first-order chi connectivity index (χ1) is 11.8. The number of hydrazone groups is 1. The zero-order valence-corrected chi connectivity index (χ0v) is 15.0. The molecule has 0 saturated carbocycles. The Morgan fingerprint density at radius 1 is 1.25 bits per heavy atom. The minimum atomic E-state index is 0.638. The van der Waals surface area contributed by atoms with Crippen molar-refractivity contribution in [3.63, 3.8) is 0 Å². The van der Waals surface area contributed by atoms with Crippen LogP contribution in [0.1, 0.15) is 11.3 Å². The van der Waals surface area contributed by atoms with Gasteiger partial charge in [-0.1, -0.05) is 41.9 Å². The summed E-state index contributed by atoms with van der Waals surface area (Å²) in [7, 11) is 1.72. The van der Waals surface area contributed by atoms with Crippen molar-refractivity contribution in [2.75, 3.05) is 19.3 Å². The minimum Gasteiger partial charge on any atom is -0.354 e. The first-order valence-electron chi connectivity index (χ1n) is 7.51. The number of guanidine groups is 1. The third kappa shape index (κ3) is 6.60. The number of nitrogens with zero attached hydrogens (tertiary/aromatic N) is 3. The molecule has 0 amide bonds. The molecule has 1 aromatic carbocycles. The fourth-order valence-corrected chi connectivity index (χ4v) is 2.89. The van der Waals surface area contributed by atoms with Crippen LogP contribution in [0, 0.1) is 0 Å². The standard InChI is InChI=1S/C17H20ClN5S/c1-19-17(23-22-12-14-6-3-2-4-7-14)21-10-11-24-13-16-15(18)8-5-9-20-16/h2-9,12H,10-11,13H2,1H3,(H2,19,21,23). The summed E-state index contributed by atoms with van der Waals surface area (Å²) < 4.78 is 0. The fourth-order valence-electron chi connectivity index (χ4n) is 1.81. The second-order valence-corrected chi connectivity index (χ2v) is 6.28. The van der Waals surface area contributed by atoms with Gasteiger partial charge < -0.3 is 5.32 Å². The normalized spacial score (nSPS) is 11.7. The molecule has 24 heavy (non-hydrogen) atoms. The lowest BCUT2D eigenvalue weighted by atomic mass is 10.2. The molecule has 0 aliphatic rings. The monoisotopic (exact) mass is 361 g/mol. The molecule has 0 radical (unpaired) electrons. The van der Waals surface area contributed by atoms with E-state index in [9.17, 15) is 0 Å². The van der Waals surface area contributed by atoms with Crippen LogP contribution in [0.25, 0.3) is 0 Å². The van der Waals surface area contributed by atoms with Gasteiger partial charge in [0.2, 0.25) is 5.96 Å². The largest absolute Gasteiger partial charge is 0.354 e. The number of rotatable bonds is 7. The number of pyridine rings is 1. The Labute approximate surface area is 151 Å². The maximum absolute atomic E-state index is 6.08. The summed E-state index contributed by atoms with van der Waals surface area (Å²) in [6.07, 6.45) is 3.52. The second kappa shape index (κ2) is 10.7. The summed E-state index contributed by atoms with van der Waals surface area (Å²) >= 11 is 7.84. The third-order valence-corrected chi connectivity index (χ3v) is 4.33. The van der Waals surface area contributed by atoms with Gasteiger partial charge in [0.1, 0.15) is 0 Å². The molecule has 0 saturated heterocycles. The van der Waals surface area contributed by atoms with Crippen molar-refractivity contribution in [3.8, 4) is 0 Å². The summed E-state index contributed by atoms with van der Waals surface area (Å²) in [4.78, 5) is 8.40. The lowest BCUT2D eigenvalue weighted by Gasteiger charge is -2.08. The van der Waals surface area contributed by atoms with Crippen LogP contribution >= 0.6 is 23.4 Å². The summed E-state index contributed by atoms with van der Waals surface area (Å²) in [6, 6.07) is 13.6. The van der Waals surface area contributed by atoms with Crippen molar-refractivity contribution in [3.05, 3.63) is 64.9 Å². The van der Waals surface area contributed by atoms with Crippen molar-refractivity contribution in [1.29, 1.82) is 0 Å². The Morgan fingerprint density at radius 3 is 2.83 bits per heavy atom. The summed E-state index contributed by atoms with van der Waals surface area (Å²) in [5.74, 6) is 2.34. The Morgan fingerprint density at radius 2 is 2.08 bits per heavy atom. The molecule has 0 aliphatic heterocycles. The highest BCUT2D eigenvalue weighted by molar-refractivity contribution is 7.98. The van der Waals surface area contributed by atoms with Gasteiger partial charge in [-0.2, -0.15) is 16.9 Å². The van der Waals surface area contributed by atoms with E-state index in [1.165, 1.54) is 0 Å². The average Bonchev–Trinajstić information content (AvgIpc) is 2.62. The van der Waals surface area contributed by atoms with Crippen LogP contribution in [0.15, 0.2) is 58.8 Å². The van der Waals surface area contributed by atoms with E-state index in [2.05, 4.69) is 25.8 Å². The smallest absolute Gasteiger partial charge is 0.211 e. The Bertz CT molecular complexity index is 676. The van der Waals surface area contributed by atoms with Crippen LogP contribution in [0.4, 0.5) is 0 Å². The number of hydrogen-bond donors (Lipinski definition) is 2. The SMILES string of the molecule is CN=C(NCCSCc1ncccc1Cl)NN=Cc1ccccc1. The van der Waals surface area contributed by atoms with E-state index in [-0.39, 0.29) is 0 Å². The molecule has 5 nitrogen and oxygen atoms in total. The van der Waals surface area contributed by atoms with E-state index in [4.69, 9.17) is 11.6 Å². The van der Waals surface area contributed by atoms with Crippen molar-refractivity contribution in [1.82, 2.24) is 15.7 Å². The van der Waals surface area contributed by atoms with Crippen molar-refractivity contribution in [2.24, 2.45) is 10.1 Å². The topological polar surface area (TPSA) is 61.7 Å². The Kier molecular flexibility index (Phi) is 8.13. The molecule has 7 heteroatoms. The second-order valence-electron chi connectivity index (χ2n) is 4.76. The van der Waals surface area contributed by atoms with Gasteiger partial charge in [-0.3, -0.25) is 9.98 Å². The molecule has 0 spiro atoms. The van der Waals surface area contributed by atoms with Crippen LogP contribution in [0.5, 0.6) is 0 Å². The van der Waals surface area contributed by atoms with E-state index in [0.29, 0.717) is 11.0 Å². The first-order valence-corrected chi connectivity index (χ1v) is 9.05. The van der Waals surface area contributed by atoms with Crippen LogP contribution in [-0.2, 0) is 5.75 Å². The average molecular weight is 362 g/mol. The molecular formula is C17H20ClN5S. The molecule has 0 bridgehead atoms. The zero-order chi connectivity index (χ0) is 17.0. The van der Waals surface area contributed by atoms with E-state index in [0.717, 1.165) is 29.3 Å². The minimum absolute atomic E-state index is 0.638. The molecule has 1 heterocycles. The van der Waals surface area contributed by atoms with E-state index in [1.807, 2.05) is 42.5 Å². The predicted molar refractivity (Wildman–Crippen MR) is 104 cm³/mol. The number of aliphatic imine (C=N–C) groups is 1. The van der Waals surface area contributed by atoms with E-state index < -0.39 is 0 Å². The number of thioether (sulfide) groups is 1. The summed E-state index contributed by atoms with van der Waals surface area (Å²) in [6.45, 7) is 0.773. The number of halogens is 1. The molecule has 1 aromatic heterocycles.